The van der Waals surface area contributed by atoms with E-state index in [0.29, 0.717) is 17.0 Å². The Morgan fingerprint density at radius 2 is 1.67 bits per heavy atom. The van der Waals surface area contributed by atoms with Gasteiger partial charge in [-0.25, -0.2) is 4.79 Å². The maximum atomic E-state index is 12.3. The third-order valence-electron chi connectivity index (χ3n) is 3.76. The van der Waals surface area contributed by atoms with E-state index in [1.54, 1.807) is 32.0 Å². The predicted molar refractivity (Wildman–Crippen MR) is 92.8 cm³/mol. The lowest BCUT2D eigenvalue weighted by atomic mass is 10.0. The van der Waals surface area contributed by atoms with E-state index < -0.39 is 12.1 Å². The Balaban J connectivity index is 2.12. The Hall–Kier alpha value is -2.82. The van der Waals surface area contributed by atoms with Gasteiger partial charge in [0, 0.05) is 5.69 Å². The molecule has 2 aromatic carbocycles. The minimum absolute atomic E-state index is 0.169. The Bertz CT molecular complexity index is 766. The molecule has 0 aliphatic rings. The summed E-state index contributed by atoms with van der Waals surface area (Å²) in [6.07, 6.45) is -0.707. The highest BCUT2D eigenvalue weighted by Gasteiger charge is 2.17. The van der Waals surface area contributed by atoms with Gasteiger partial charge in [-0.1, -0.05) is 23.8 Å². The number of hydrogen-bond donors (Lipinski definition) is 2. The average Bonchev–Trinajstić information content (AvgIpc) is 2.51. The highest BCUT2D eigenvalue weighted by Crippen LogP contribution is 2.21. The zero-order valence-electron chi connectivity index (χ0n) is 14.2. The number of carboxylic acids is 1. The van der Waals surface area contributed by atoms with E-state index in [9.17, 15) is 14.7 Å². The summed E-state index contributed by atoms with van der Waals surface area (Å²) in [5.74, 6) is -0.749. The molecule has 126 valence electrons. The maximum Gasteiger partial charge on any atom is 0.336 e. The third-order valence-corrected chi connectivity index (χ3v) is 3.76. The highest BCUT2D eigenvalue weighted by molar-refractivity contribution is 5.97. The van der Waals surface area contributed by atoms with Crippen LogP contribution in [0.1, 0.15) is 34.0 Å². The summed E-state index contributed by atoms with van der Waals surface area (Å²) >= 11 is 0. The van der Waals surface area contributed by atoms with Gasteiger partial charge in [0.05, 0.1) is 5.56 Å². The maximum absolute atomic E-state index is 12.3. The van der Waals surface area contributed by atoms with Gasteiger partial charge in [-0.3, -0.25) is 4.79 Å². The molecule has 0 heterocycles. The SMILES string of the molecule is Cc1ccc(OC(C)C(=O)Nc2cc(C(=O)O)c(C)cc2C)cc1. The van der Waals surface area contributed by atoms with E-state index in [1.807, 2.05) is 26.0 Å². The molecule has 0 fully saturated rings. The minimum atomic E-state index is -1.02. The fraction of sp³-hybridized carbons (Fsp3) is 0.263. The summed E-state index contributed by atoms with van der Waals surface area (Å²) in [5, 5.41) is 11.9. The largest absolute Gasteiger partial charge is 0.481 e. The number of carboxylic acid groups (broad SMARTS) is 1. The van der Waals surface area contributed by atoms with Crippen LogP contribution in [-0.2, 0) is 4.79 Å². The van der Waals surface area contributed by atoms with E-state index in [1.165, 1.54) is 6.07 Å². The quantitative estimate of drug-likeness (QED) is 0.877. The van der Waals surface area contributed by atoms with Crippen LogP contribution < -0.4 is 10.1 Å². The molecule has 24 heavy (non-hydrogen) atoms. The first kappa shape index (κ1) is 17.5. The van der Waals surface area contributed by atoms with Gasteiger partial charge in [-0.2, -0.15) is 0 Å². The molecule has 0 spiro atoms. The number of carbonyl (C=O) groups excluding carboxylic acids is 1. The van der Waals surface area contributed by atoms with Crippen molar-refractivity contribution < 1.29 is 19.4 Å². The van der Waals surface area contributed by atoms with Crippen molar-refractivity contribution in [1.29, 1.82) is 0 Å². The van der Waals surface area contributed by atoms with Crippen LogP contribution in [0.5, 0.6) is 5.75 Å². The summed E-state index contributed by atoms with van der Waals surface area (Å²) in [6.45, 7) is 7.17. The molecular weight excluding hydrogens is 306 g/mol. The molecule has 1 unspecified atom stereocenters. The molecule has 2 N–H and O–H groups in total. The molecule has 1 amide bonds. The van der Waals surface area contributed by atoms with Gasteiger partial charge >= 0.3 is 5.97 Å². The second-order valence-electron chi connectivity index (χ2n) is 5.85. The third kappa shape index (κ3) is 4.13. The zero-order valence-corrected chi connectivity index (χ0v) is 14.2. The Kier molecular flexibility index (Phi) is 5.24. The highest BCUT2D eigenvalue weighted by atomic mass is 16.5. The van der Waals surface area contributed by atoms with Gasteiger partial charge in [-0.15, -0.1) is 0 Å². The van der Waals surface area contributed by atoms with Crippen molar-refractivity contribution in [3.63, 3.8) is 0 Å². The number of hydrogen-bond acceptors (Lipinski definition) is 3. The van der Waals surface area contributed by atoms with Crippen molar-refractivity contribution >= 4 is 17.6 Å². The zero-order chi connectivity index (χ0) is 17.9. The first-order valence-electron chi connectivity index (χ1n) is 7.66. The minimum Gasteiger partial charge on any atom is -0.481 e. The summed E-state index contributed by atoms with van der Waals surface area (Å²) in [7, 11) is 0. The smallest absolute Gasteiger partial charge is 0.336 e. The lowest BCUT2D eigenvalue weighted by Gasteiger charge is -2.17. The summed E-state index contributed by atoms with van der Waals surface area (Å²) in [6, 6.07) is 10.6. The number of aryl methyl sites for hydroxylation is 3. The summed E-state index contributed by atoms with van der Waals surface area (Å²) in [5.41, 5.74) is 3.21. The van der Waals surface area contributed by atoms with Crippen molar-refractivity contribution in [2.24, 2.45) is 0 Å². The van der Waals surface area contributed by atoms with Gasteiger partial charge < -0.3 is 15.2 Å². The van der Waals surface area contributed by atoms with E-state index in [0.717, 1.165) is 11.1 Å². The first-order chi connectivity index (χ1) is 11.3. The number of amides is 1. The molecule has 0 saturated heterocycles. The molecular formula is C19H21NO4. The lowest BCUT2D eigenvalue weighted by Crippen LogP contribution is -2.30. The van der Waals surface area contributed by atoms with Gasteiger partial charge in [0.1, 0.15) is 5.75 Å². The Labute approximate surface area is 141 Å². The Morgan fingerprint density at radius 3 is 2.25 bits per heavy atom. The van der Waals surface area contributed by atoms with Crippen LogP contribution in [0.2, 0.25) is 0 Å². The van der Waals surface area contributed by atoms with Gasteiger partial charge in [0.15, 0.2) is 6.10 Å². The number of carbonyl (C=O) groups is 2. The molecule has 0 bridgehead atoms. The molecule has 5 heteroatoms. The van der Waals surface area contributed by atoms with Gasteiger partial charge in [0.25, 0.3) is 5.91 Å². The van der Waals surface area contributed by atoms with Crippen LogP contribution in [0.3, 0.4) is 0 Å². The molecule has 1 atom stereocenters. The molecule has 0 aliphatic heterocycles. The fourth-order valence-corrected chi connectivity index (χ4v) is 2.33. The second kappa shape index (κ2) is 7.17. The van der Waals surface area contributed by atoms with Crippen LogP contribution >= 0.6 is 0 Å². The van der Waals surface area contributed by atoms with E-state index in [4.69, 9.17) is 4.74 Å². The normalized spacial score (nSPS) is 11.7. The van der Waals surface area contributed by atoms with E-state index >= 15 is 0 Å². The topological polar surface area (TPSA) is 75.6 Å². The van der Waals surface area contributed by atoms with E-state index in [-0.39, 0.29) is 11.5 Å². The molecule has 2 aromatic rings. The van der Waals surface area contributed by atoms with Crippen LogP contribution in [0.25, 0.3) is 0 Å². The molecule has 0 aliphatic carbocycles. The van der Waals surface area contributed by atoms with Gasteiger partial charge in [0.2, 0.25) is 0 Å². The Morgan fingerprint density at radius 1 is 1.04 bits per heavy atom. The standard InChI is InChI=1S/C19H21NO4/c1-11-5-7-15(8-6-11)24-14(4)18(21)20-17-10-16(19(22)23)12(2)9-13(17)3/h5-10,14H,1-4H3,(H,20,21)(H,22,23). The molecule has 2 rings (SSSR count). The fourth-order valence-electron chi connectivity index (χ4n) is 2.33. The molecule has 0 saturated carbocycles. The van der Waals surface area contributed by atoms with E-state index in [2.05, 4.69) is 5.32 Å². The lowest BCUT2D eigenvalue weighted by molar-refractivity contribution is -0.122. The van der Waals surface area contributed by atoms with Crippen LogP contribution in [-0.4, -0.2) is 23.1 Å². The molecule has 5 nitrogen and oxygen atoms in total. The average molecular weight is 327 g/mol. The number of benzene rings is 2. The van der Waals surface area contributed by atoms with Crippen LogP contribution in [0.15, 0.2) is 36.4 Å². The van der Waals surface area contributed by atoms with Crippen LogP contribution in [0, 0.1) is 20.8 Å². The predicted octanol–water partition coefficient (Wildman–Crippen LogP) is 3.72. The summed E-state index contributed by atoms with van der Waals surface area (Å²) in [4.78, 5) is 23.6. The monoisotopic (exact) mass is 327 g/mol. The number of ether oxygens (including phenoxy) is 1. The second-order valence-corrected chi connectivity index (χ2v) is 5.85. The van der Waals surface area contributed by atoms with Crippen molar-refractivity contribution in [3.05, 3.63) is 58.7 Å². The number of nitrogens with one attached hydrogen (secondary N) is 1. The van der Waals surface area contributed by atoms with Crippen molar-refractivity contribution in [2.75, 3.05) is 5.32 Å². The summed E-state index contributed by atoms with van der Waals surface area (Å²) < 4.78 is 5.62. The number of aromatic carboxylic acids is 1. The first-order valence-corrected chi connectivity index (χ1v) is 7.66. The van der Waals surface area contributed by atoms with Crippen molar-refractivity contribution in [3.8, 4) is 5.75 Å². The van der Waals surface area contributed by atoms with Crippen LogP contribution in [0.4, 0.5) is 5.69 Å². The van der Waals surface area contributed by atoms with Crippen molar-refractivity contribution in [1.82, 2.24) is 0 Å². The van der Waals surface area contributed by atoms with Crippen molar-refractivity contribution in [2.45, 2.75) is 33.8 Å². The molecule has 0 radical (unpaired) electrons. The number of anilines is 1. The van der Waals surface area contributed by atoms with Gasteiger partial charge in [-0.05, 0) is 57.0 Å². The number of rotatable bonds is 5. The molecule has 0 aromatic heterocycles.